The molecule has 4 aliphatic carbocycles. The number of hydrogen-bond acceptors (Lipinski definition) is 1. The molecule has 0 amide bonds. The van der Waals surface area contributed by atoms with Crippen LogP contribution in [0.15, 0.2) is 18.5 Å². The summed E-state index contributed by atoms with van der Waals surface area (Å²) in [5.74, 6) is 1.96. The molecule has 4 saturated carbocycles. The largest absolute Gasteiger partial charge is 0.367 e. The predicted molar refractivity (Wildman–Crippen MR) is 78.1 cm³/mol. The van der Waals surface area contributed by atoms with Crippen LogP contribution in [0.2, 0.25) is 0 Å². The van der Waals surface area contributed by atoms with E-state index < -0.39 is 0 Å². The van der Waals surface area contributed by atoms with Gasteiger partial charge in [0.25, 0.3) is 0 Å². The van der Waals surface area contributed by atoms with Crippen molar-refractivity contribution in [1.29, 1.82) is 0 Å². The molecule has 4 aliphatic rings. The third-order valence-electron chi connectivity index (χ3n) is 6.67. The van der Waals surface area contributed by atoms with Gasteiger partial charge < -0.3 is 10.3 Å². The van der Waals surface area contributed by atoms with Crippen molar-refractivity contribution in [3.8, 4) is 0 Å². The van der Waals surface area contributed by atoms with Crippen molar-refractivity contribution in [2.24, 2.45) is 17.3 Å². The first kappa shape index (κ1) is 12.0. The number of aromatic amines is 1. The molecule has 0 aromatic carbocycles. The Balaban J connectivity index is 1.76. The highest BCUT2D eigenvalue weighted by Crippen LogP contribution is 2.66. The van der Waals surface area contributed by atoms with Crippen molar-refractivity contribution in [3.63, 3.8) is 0 Å². The summed E-state index contributed by atoms with van der Waals surface area (Å²) in [6.45, 7) is 2.41. The van der Waals surface area contributed by atoms with Gasteiger partial charge in [0.1, 0.15) is 0 Å². The molecule has 0 saturated heterocycles. The highest BCUT2D eigenvalue weighted by atomic mass is 14.9. The van der Waals surface area contributed by atoms with Crippen LogP contribution in [0.3, 0.4) is 0 Å². The first-order chi connectivity index (χ1) is 9.16. The van der Waals surface area contributed by atoms with E-state index in [0.29, 0.717) is 16.9 Å². The van der Waals surface area contributed by atoms with Gasteiger partial charge in [-0.3, -0.25) is 0 Å². The van der Waals surface area contributed by atoms with E-state index in [4.69, 9.17) is 0 Å². The Labute approximate surface area is 116 Å². The van der Waals surface area contributed by atoms with Crippen molar-refractivity contribution in [2.45, 2.75) is 56.9 Å². The monoisotopic (exact) mass is 258 g/mol. The fourth-order valence-electron chi connectivity index (χ4n) is 6.14. The molecule has 104 valence electrons. The zero-order chi connectivity index (χ0) is 13.1. The van der Waals surface area contributed by atoms with Gasteiger partial charge in [0.15, 0.2) is 0 Å². The second-order valence-electron chi connectivity index (χ2n) is 7.71. The molecule has 4 fully saturated rings. The Bertz CT molecular complexity index is 448. The Morgan fingerprint density at radius 2 is 2.00 bits per heavy atom. The highest BCUT2D eigenvalue weighted by Gasteiger charge is 2.59. The maximum Gasteiger partial charge on any atom is 0.00927 e. The maximum atomic E-state index is 3.58. The van der Waals surface area contributed by atoms with E-state index in [2.05, 4.69) is 42.7 Å². The van der Waals surface area contributed by atoms with Crippen molar-refractivity contribution in [2.75, 3.05) is 7.05 Å². The summed E-state index contributed by atoms with van der Waals surface area (Å²) in [6, 6.07) is 3.00. The van der Waals surface area contributed by atoms with Crippen LogP contribution < -0.4 is 5.32 Å². The molecule has 1 aromatic heterocycles. The molecule has 5 rings (SSSR count). The molecular weight excluding hydrogens is 232 g/mol. The lowest BCUT2D eigenvalue weighted by Gasteiger charge is -2.64. The summed E-state index contributed by atoms with van der Waals surface area (Å²) < 4.78 is 0. The van der Waals surface area contributed by atoms with Crippen LogP contribution >= 0.6 is 0 Å². The van der Waals surface area contributed by atoms with E-state index in [9.17, 15) is 0 Å². The second kappa shape index (κ2) is 3.88. The Morgan fingerprint density at radius 3 is 2.58 bits per heavy atom. The van der Waals surface area contributed by atoms with Gasteiger partial charge in [-0.15, -0.1) is 0 Å². The molecule has 3 unspecified atom stereocenters. The SMILES string of the molecule is CNC(C)C12CC3CC(CC(c4cc[nH]c4)(C3)C1)C2. The average Bonchev–Trinajstić information content (AvgIpc) is 2.90. The van der Waals surface area contributed by atoms with E-state index in [1.54, 1.807) is 5.56 Å². The fraction of sp³-hybridized carbons (Fsp3) is 0.765. The quantitative estimate of drug-likeness (QED) is 0.854. The minimum atomic E-state index is 0.495. The lowest BCUT2D eigenvalue weighted by molar-refractivity contribution is -0.0869. The van der Waals surface area contributed by atoms with Gasteiger partial charge in [0.2, 0.25) is 0 Å². The summed E-state index contributed by atoms with van der Waals surface area (Å²) >= 11 is 0. The smallest absolute Gasteiger partial charge is 0.00927 e. The van der Waals surface area contributed by atoms with Gasteiger partial charge in [-0.2, -0.15) is 0 Å². The minimum absolute atomic E-state index is 0.495. The molecular formula is C17H26N2. The van der Waals surface area contributed by atoms with Crippen LogP contribution in [0.25, 0.3) is 0 Å². The number of H-pyrrole nitrogens is 1. The normalized spacial score (nSPS) is 45.6. The number of rotatable bonds is 3. The molecule has 0 aliphatic heterocycles. The van der Waals surface area contributed by atoms with Gasteiger partial charge in [-0.05, 0) is 86.8 Å². The second-order valence-corrected chi connectivity index (χ2v) is 7.71. The number of nitrogens with one attached hydrogen (secondary N) is 2. The van der Waals surface area contributed by atoms with Crippen molar-refractivity contribution in [3.05, 3.63) is 24.0 Å². The fourth-order valence-corrected chi connectivity index (χ4v) is 6.14. The van der Waals surface area contributed by atoms with Gasteiger partial charge >= 0.3 is 0 Å². The van der Waals surface area contributed by atoms with Crippen molar-refractivity contribution >= 4 is 0 Å². The summed E-state index contributed by atoms with van der Waals surface area (Å²) in [4.78, 5) is 3.29. The molecule has 19 heavy (non-hydrogen) atoms. The molecule has 2 nitrogen and oxygen atoms in total. The first-order valence-electron chi connectivity index (χ1n) is 7.96. The van der Waals surface area contributed by atoms with Crippen LogP contribution in [0.5, 0.6) is 0 Å². The Hall–Kier alpha value is -0.760. The minimum Gasteiger partial charge on any atom is -0.367 e. The van der Waals surface area contributed by atoms with Crippen LogP contribution in [0, 0.1) is 17.3 Å². The lowest BCUT2D eigenvalue weighted by atomic mass is 9.42. The zero-order valence-electron chi connectivity index (χ0n) is 12.2. The third kappa shape index (κ3) is 1.59. The summed E-state index contributed by atoms with van der Waals surface area (Å²) in [5.41, 5.74) is 2.65. The standard InChI is InChI=1S/C17H26N2/c1-12(18-2)16-6-13-5-14(7-16)9-17(8-13,11-16)15-3-4-19-10-15/h3-4,10,12-14,18-19H,5-9,11H2,1-2H3. The molecule has 2 heteroatoms. The molecule has 1 heterocycles. The molecule has 2 N–H and O–H groups in total. The van der Waals surface area contributed by atoms with Crippen LogP contribution in [-0.2, 0) is 5.41 Å². The van der Waals surface area contributed by atoms with Gasteiger partial charge in [-0.1, -0.05) is 0 Å². The summed E-state index contributed by atoms with van der Waals surface area (Å²) in [6.07, 6.45) is 13.1. The lowest BCUT2D eigenvalue weighted by Crippen LogP contribution is -2.59. The van der Waals surface area contributed by atoms with Gasteiger partial charge in [0, 0.05) is 18.4 Å². The van der Waals surface area contributed by atoms with Crippen LogP contribution in [0.4, 0.5) is 0 Å². The van der Waals surface area contributed by atoms with E-state index in [-0.39, 0.29) is 0 Å². The molecule has 1 aromatic rings. The van der Waals surface area contributed by atoms with E-state index in [1.807, 2.05) is 0 Å². The van der Waals surface area contributed by atoms with E-state index in [0.717, 1.165) is 11.8 Å². The average molecular weight is 258 g/mol. The summed E-state index contributed by atoms with van der Waals surface area (Å²) in [7, 11) is 2.15. The van der Waals surface area contributed by atoms with Crippen LogP contribution in [0.1, 0.15) is 51.0 Å². The van der Waals surface area contributed by atoms with Crippen LogP contribution in [-0.4, -0.2) is 18.1 Å². The van der Waals surface area contributed by atoms with E-state index >= 15 is 0 Å². The highest BCUT2D eigenvalue weighted by molar-refractivity contribution is 5.29. The van der Waals surface area contributed by atoms with Gasteiger partial charge in [-0.25, -0.2) is 0 Å². The zero-order valence-corrected chi connectivity index (χ0v) is 12.2. The number of aromatic nitrogens is 1. The Morgan fingerprint density at radius 1 is 1.26 bits per heavy atom. The molecule has 0 radical (unpaired) electrons. The number of hydrogen-bond donors (Lipinski definition) is 2. The Kier molecular flexibility index (Phi) is 2.45. The summed E-state index contributed by atoms with van der Waals surface area (Å²) in [5, 5.41) is 3.58. The van der Waals surface area contributed by atoms with Crippen molar-refractivity contribution < 1.29 is 0 Å². The van der Waals surface area contributed by atoms with Gasteiger partial charge in [0.05, 0.1) is 0 Å². The maximum absolute atomic E-state index is 3.58. The topological polar surface area (TPSA) is 27.8 Å². The molecule has 0 spiro atoms. The first-order valence-corrected chi connectivity index (χ1v) is 7.96. The van der Waals surface area contributed by atoms with E-state index in [1.165, 1.54) is 38.5 Å². The van der Waals surface area contributed by atoms with Crippen molar-refractivity contribution in [1.82, 2.24) is 10.3 Å². The predicted octanol–water partition coefficient (Wildman–Crippen LogP) is 3.46. The molecule has 3 atom stereocenters. The third-order valence-corrected chi connectivity index (χ3v) is 6.67. The molecule has 4 bridgehead atoms.